The summed E-state index contributed by atoms with van der Waals surface area (Å²) in [6.07, 6.45) is 11.0. The Bertz CT molecular complexity index is 2720. The number of imidazole rings is 1. The number of morpholine rings is 1. The molecule has 5 fully saturated rings. The number of rotatable bonds is 9. The molecule has 0 radical (unpaired) electrons. The third kappa shape index (κ3) is 7.92. The molecule has 4 saturated heterocycles. The molecule has 10 rings (SSSR count). The van der Waals surface area contributed by atoms with Gasteiger partial charge in [0.15, 0.2) is 5.65 Å². The fraction of sp³-hybridized carbons (Fsp3) is 0.533. The molecule has 5 aromatic rings. The first-order valence-corrected chi connectivity index (χ1v) is 22.2. The number of carbonyl (C=O) groups is 3. The van der Waals surface area contributed by atoms with Crippen molar-refractivity contribution in [1.82, 2.24) is 48.6 Å². The Kier molecular flexibility index (Phi) is 10.7. The van der Waals surface area contributed by atoms with Crippen molar-refractivity contribution in [2.45, 2.75) is 88.6 Å². The number of benzene rings is 1. The fourth-order valence-corrected chi connectivity index (χ4v) is 10.3. The van der Waals surface area contributed by atoms with Crippen molar-refractivity contribution < 1.29 is 24.2 Å². The van der Waals surface area contributed by atoms with Gasteiger partial charge in [0.1, 0.15) is 28.7 Å². The van der Waals surface area contributed by atoms with Crippen LogP contribution in [0.1, 0.15) is 92.5 Å². The van der Waals surface area contributed by atoms with Crippen molar-refractivity contribution in [2.75, 3.05) is 62.6 Å². The highest BCUT2D eigenvalue weighted by Crippen LogP contribution is 2.36. The van der Waals surface area contributed by atoms with E-state index in [1.807, 2.05) is 41.3 Å². The van der Waals surface area contributed by atoms with Crippen LogP contribution in [0.5, 0.6) is 0 Å². The minimum atomic E-state index is -1.28. The SMILES string of the molecule is Cn1c(=O)n(C2CCC(=O)NC2=O)c2cccc(C#CCN3CCN(C[C@H]4CC[C@H](n5cc(NC(=O)c6cnn7ccc(N8C[C@H]9C[C@@H]8CO9)nc67)c(C(C)(C)O)n5)CC4)CC3)c21. The predicted octanol–water partition coefficient (Wildman–Crippen LogP) is 2.41. The zero-order chi connectivity index (χ0) is 43.6. The van der Waals surface area contributed by atoms with Gasteiger partial charge >= 0.3 is 5.69 Å². The molecular weight excluding hydrogens is 805 g/mol. The lowest BCUT2D eigenvalue weighted by Crippen LogP contribution is -2.48. The summed E-state index contributed by atoms with van der Waals surface area (Å²) in [5, 5.41) is 25.8. The van der Waals surface area contributed by atoms with E-state index < -0.39 is 17.6 Å². The average molecular weight is 859 g/mol. The molecule has 5 aliphatic rings. The summed E-state index contributed by atoms with van der Waals surface area (Å²) in [6.45, 7) is 10.3. The lowest BCUT2D eigenvalue weighted by molar-refractivity contribution is -0.135. The topological polar surface area (TPSA) is 189 Å². The first kappa shape index (κ1) is 41.2. The number of nitrogens with zero attached hydrogens (tertiary/aromatic N) is 10. The molecule has 63 heavy (non-hydrogen) atoms. The van der Waals surface area contributed by atoms with Crippen LogP contribution in [0.3, 0.4) is 0 Å². The second-order valence-electron chi connectivity index (χ2n) is 18.4. The lowest BCUT2D eigenvalue weighted by atomic mass is 9.85. The Morgan fingerprint density at radius 1 is 1.03 bits per heavy atom. The number of piperazine rings is 1. The van der Waals surface area contributed by atoms with E-state index in [1.165, 1.54) is 10.8 Å². The van der Waals surface area contributed by atoms with E-state index in [0.29, 0.717) is 58.7 Å². The van der Waals surface area contributed by atoms with E-state index in [2.05, 4.69) is 42.3 Å². The van der Waals surface area contributed by atoms with Crippen molar-refractivity contribution in [3.05, 3.63) is 70.2 Å². The molecule has 3 N–H and O–H groups in total. The van der Waals surface area contributed by atoms with E-state index in [9.17, 15) is 24.3 Å². The lowest BCUT2D eigenvalue weighted by Gasteiger charge is -2.37. The number of imide groups is 1. The highest BCUT2D eigenvalue weighted by Gasteiger charge is 2.40. The van der Waals surface area contributed by atoms with Gasteiger partial charge < -0.3 is 25.0 Å². The van der Waals surface area contributed by atoms with E-state index in [-0.39, 0.29) is 42.5 Å². The molecule has 18 heteroatoms. The van der Waals surface area contributed by atoms with Crippen LogP contribution in [0.25, 0.3) is 16.7 Å². The Morgan fingerprint density at radius 3 is 2.56 bits per heavy atom. The summed E-state index contributed by atoms with van der Waals surface area (Å²) < 4.78 is 12.4. The fourth-order valence-electron chi connectivity index (χ4n) is 10.3. The normalized spacial score (nSPS) is 24.6. The molecule has 2 bridgehead atoms. The molecule has 1 unspecified atom stereocenters. The third-order valence-electron chi connectivity index (χ3n) is 13.7. The number of aryl methyl sites for hydroxylation is 1. The van der Waals surface area contributed by atoms with Gasteiger partial charge in [-0.15, -0.1) is 0 Å². The standard InChI is InChI=1S/C45H54N12O6/c1-45(2,62)40-34(47-42(59)33-23-46-55-17-15-37(48-41(33)55)54-25-32-22-31(54)27-63-32)26-56(50-40)30-11-9-28(10-12-30)24-53-20-18-52(19-21-53)16-5-7-29-6-4-8-35-39(29)51(3)44(61)57(35)36-13-14-38(58)49-43(36)60/h4,6,8,15,17,23,26,28,30-32,36,62H,9-14,16,18-22,24-25,27H2,1-3H3,(H,47,59)(H,49,58,60)/t28-,30-,31-,32-,36?/m1/s1. The van der Waals surface area contributed by atoms with Gasteiger partial charge in [-0.25, -0.2) is 14.3 Å². The maximum absolute atomic E-state index is 13.8. The van der Waals surface area contributed by atoms with Crippen LogP contribution in [-0.4, -0.2) is 131 Å². The summed E-state index contributed by atoms with van der Waals surface area (Å²) in [4.78, 5) is 63.5. The molecule has 330 valence electrons. The first-order chi connectivity index (χ1) is 30.4. The van der Waals surface area contributed by atoms with Crippen molar-refractivity contribution in [2.24, 2.45) is 13.0 Å². The van der Waals surface area contributed by atoms with Gasteiger partial charge in [-0.2, -0.15) is 10.2 Å². The Morgan fingerprint density at radius 2 is 1.83 bits per heavy atom. The quantitative estimate of drug-likeness (QED) is 0.145. The molecule has 18 nitrogen and oxygen atoms in total. The molecular formula is C45H54N12O6. The molecule has 4 aromatic heterocycles. The number of hydrogen-bond donors (Lipinski definition) is 3. The summed E-state index contributed by atoms with van der Waals surface area (Å²) in [7, 11) is 1.69. The number of anilines is 2. The molecule has 8 heterocycles. The number of fused-ring (bicyclic) bond motifs is 4. The minimum absolute atomic E-state index is 0.161. The van der Waals surface area contributed by atoms with Crippen LogP contribution in [0.15, 0.2) is 47.7 Å². The number of hydrogen-bond acceptors (Lipinski definition) is 12. The van der Waals surface area contributed by atoms with E-state index in [4.69, 9.17) is 14.8 Å². The summed E-state index contributed by atoms with van der Waals surface area (Å²) >= 11 is 0. The summed E-state index contributed by atoms with van der Waals surface area (Å²) in [5.41, 5.74) is 2.20. The number of ether oxygens (including phenoxy) is 1. The smallest absolute Gasteiger partial charge is 0.329 e. The van der Waals surface area contributed by atoms with Gasteiger partial charge in [0.2, 0.25) is 11.8 Å². The van der Waals surface area contributed by atoms with Crippen LogP contribution in [0.4, 0.5) is 11.5 Å². The van der Waals surface area contributed by atoms with Crippen LogP contribution < -0.4 is 21.2 Å². The number of piperidine rings is 1. The van der Waals surface area contributed by atoms with Gasteiger partial charge in [-0.3, -0.25) is 38.4 Å². The zero-order valence-corrected chi connectivity index (χ0v) is 36.0. The summed E-state index contributed by atoms with van der Waals surface area (Å²) in [6, 6.07) is 7.23. The molecule has 3 atom stereocenters. The van der Waals surface area contributed by atoms with E-state index >= 15 is 0 Å². The van der Waals surface area contributed by atoms with Gasteiger partial charge in [0.25, 0.3) is 5.91 Å². The van der Waals surface area contributed by atoms with E-state index in [1.54, 1.807) is 30.0 Å². The Balaban J connectivity index is 0.728. The molecule has 1 aliphatic carbocycles. The predicted molar refractivity (Wildman–Crippen MR) is 233 cm³/mol. The van der Waals surface area contributed by atoms with Crippen molar-refractivity contribution >= 4 is 45.9 Å². The average Bonchev–Trinajstić information content (AvgIpc) is 4.12. The van der Waals surface area contributed by atoms with Crippen molar-refractivity contribution in [3.63, 3.8) is 0 Å². The van der Waals surface area contributed by atoms with Crippen LogP contribution >= 0.6 is 0 Å². The summed E-state index contributed by atoms with van der Waals surface area (Å²) in [5.74, 6) is 6.89. The highest BCUT2D eigenvalue weighted by atomic mass is 16.5. The van der Waals surface area contributed by atoms with Crippen LogP contribution in [-0.2, 0) is 27.0 Å². The maximum atomic E-state index is 13.8. The molecule has 4 aliphatic heterocycles. The zero-order valence-electron chi connectivity index (χ0n) is 36.0. The number of aromatic nitrogens is 7. The largest absolute Gasteiger partial charge is 0.384 e. The monoisotopic (exact) mass is 858 g/mol. The van der Waals surface area contributed by atoms with Crippen LogP contribution in [0.2, 0.25) is 0 Å². The second-order valence-corrected chi connectivity index (χ2v) is 18.4. The van der Waals surface area contributed by atoms with E-state index in [0.717, 1.165) is 82.8 Å². The van der Waals surface area contributed by atoms with Crippen molar-refractivity contribution in [3.8, 4) is 11.8 Å². The minimum Gasteiger partial charge on any atom is -0.384 e. The molecule has 3 amide bonds. The number of para-hydroxylation sites is 1. The van der Waals surface area contributed by atoms with Gasteiger partial charge in [-0.05, 0) is 76.5 Å². The number of aliphatic hydroxyl groups is 1. The number of nitrogens with one attached hydrogen (secondary N) is 2. The van der Waals surface area contributed by atoms with Gasteiger partial charge in [0, 0.05) is 65.1 Å². The van der Waals surface area contributed by atoms with Gasteiger partial charge in [-0.1, -0.05) is 17.9 Å². The van der Waals surface area contributed by atoms with Crippen LogP contribution in [0, 0.1) is 17.8 Å². The molecule has 0 spiro atoms. The Labute approximate surface area is 364 Å². The third-order valence-corrected chi connectivity index (χ3v) is 13.7. The maximum Gasteiger partial charge on any atom is 0.329 e. The molecule has 1 saturated carbocycles. The second kappa shape index (κ2) is 16.4. The van der Waals surface area contributed by atoms with Gasteiger partial charge in [0.05, 0.1) is 59.8 Å². The molecule has 1 aromatic carbocycles. The number of amides is 3. The van der Waals surface area contributed by atoms with Crippen molar-refractivity contribution in [1.29, 1.82) is 0 Å². The highest BCUT2D eigenvalue weighted by molar-refractivity contribution is 6.08. The first-order valence-electron chi connectivity index (χ1n) is 22.2. The number of carbonyl (C=O) groups excluding carboxylic acids is 3. The Hall–Kier alpha value is -5.87.